The quantitative estimate of drug-likeness (QED) is 0.598. The Hall–Kier alpha value is -0.0800. The number of methoxy groups -OCH3 is 1. The molecule has 2 rings (SSSR count). The molecule has 64 valence electrons. The van der Waals surface area contributed by atoms with Crippen molar-refractivity contribution in [2.45, 2.75) is 6.92 Å². The summed E-state index contributed by atoms with van der Waals surface area (Å²) in [5.74, 6) is 3.09. The van der Waals surface area contributed by atoms with Crippen molar-refractivity contribution in [3.63, 3.8) is 0 Å². The summed E-state index contributed by atoms with van der Waals surface area (Å²) >= 11 is 0. The zero-order valence-electron chi connectivity index (χ0n) is 7.42. The van der Waals surface area contributed by atoms with Crippen LogP contribution < -0.4 is 0 Å². The van der Waals surface area contributed by atoms with Gasteiger partial charge in [0, 0.05) is 26.7 Å². The number of nitrogens with zero attached hydrogens (tertiary/aromatic N) is 1. The molecular formula is C9H17NO. The van der Waals surface area contributed by atoms with Gasteiger partial charge >= 0.3 is 0 Å². The fourth-order valence-corrected chi connectivity index (χ4v) is 2.31. The third-order valence-electron chi connectivity index (χ3n) is 3.31. The van der Waals surface area contributed by atoms with Crippen molar-refractivity contribution in [3.8, 4) is 0 Å². The number of ether oxygens (including phenoxy) is 1. The Morgan fingerprint density at radius 3 is 2.55 bits per heavy atom. The number of likely N-dealkylation sites (tertiary alicyclic amines) is 1. The maximum absolute atomic E-state index is 5.04. The average Bonchev–Trinajstić information content (AvgIpc) is 2.54. The zero-order valence-corrected chi connectivity index (χ0v) is 7.42. The maximum atomic E-state index is 5.04. The van der Waals surface area contributed by atoms with Crippen molar-refractivity contribution in [2.24, 2.45) is 17.8 Å². The summed E-state index contributed by atoms with van der Waals surface area (Å²) in [7, 11) is 1.78. The molecule has 1 aliphatic heterocycles. The number of fused-ring (bicyclic) bond motifs is 1. The fraction of sp³-hybridized carbons (Fsp3) is 1.00. The SMILES string of the molecule is COCCN1CC2[C@H](C)[C@H]2C1. The molecule has 1 saturated heterocycles. The molecule has 2 nitrogen and oxygen atoms in total. The van der Waals surface area contributed by atoms with Crippen LogP contribution in [-0.2, 0) is 4.74 Å². The highest BCUT2D eigenvalue weighted by molar-refractivity contribution is 5.02. The van der Waals surface area contributed by atoms with Gasteiger partial charge in [0.05, 0.1) is 6.61 Å². The molecule has 0 radical (unpaired) electrons. The van der Waals surface area contributed by atoms with Gasteiger partial charge in [-0.3, -0.25) is 0 Å². The van der Waals surface area contributed by atoms with Crippen LogP contribution in [0.5, 0.6) is 0 Å². The lowest BCUT2D eigenvalue weighted by Gasteiger charge is -2.17. The van der Waals surface area contributed by atoms with Crippen molar-refractivity contribution in [3.05, 3.63) is 0 Å². The predicted octanol–water partition coefficient (Wildman–Crippen LogP) is 0.831. The standard InChI is InChI=1S/C9H17NO/c1-7-8-5-10(3-4-11-2)6-9(7)8/h7-9H,3-6H2,1-2H3/t7-,8-,9?/m1/s1. The molecular weight excluding hydrogens is 138 g/mol. The molecule has 11 heavy (non-hydrogen) atoms. The summed E-state index contributed by atoms with van der Waals surface area (Å²) in [6.45, 7) is 7.07. The van der Waals surface area contributed by atoms with E-state index in [1.165, 1.54) is 13.1 Å². The van der Waals surface area contributed by atoms with Gasteiger partial charge in [0.2, 0.25) is 0 Å². The molecule has 0 spiro atoms. The van der Waals surface area contributed by atoms with Crippen LogP contribution in [0.25, 0.3) is 0 Å². The van der Waals surface area contributed by atoms with Gasteiger partial charge in [0.15, 0.2) is 0 Å². The van der Waals surface area contributed by atoms with E-state index in [9.17, 15) is 0 Å². The molecule has 1 heterocycles. The minimum absolute atomic E-state index is 0.897. The minimum Gasteiger partial charge on any atom is -0.383 e. The topological polar surface area (TPSA) is 12.5 Å². The fourth-order valence-electron chi connectivity index (χ4n) is 2.31. The molecule has 0 aromatic heterocycles. The van der Waals surface area contributed by atoms with E-state index in [-0.39, 0.29) is 0 Å². The molecule has 3 atom stereocenters. The molecule has 2 aliphatic rings. The summed E-state index contributed by atoms with van der Waals surface area (Å²) in [5.41, 5.74) is 0. The van der Waals surface area contributed by atoms with Crippen molar-refractivity contribution >= 4 is 0 Å². The molecule has 1 aliphatic carbocycles. The van der Waals surface area contributed by atoms with E-state index >= 15 is 0 Å². The first-order valence-electron chi connectivity index (χ1n) is 4.54. The van der Waals surface area contributed by atoms with E-state index in [1.807, 2.05) is 0 Å². The lowest BCUT2D eigenvalue weighted by Crippen LogP contribution is -2.27. The zero-order chi connectivity index (χ0) is 7.84. The van der Waals surface area contributed by atoms with Crippen LogP contribution >= 0.6 is 0 Å². The van der Waals surface area contributed by atoms with E-state index < -0.39 is 0 Å². The second-order valence-corrected chi connectivity index (χ2v) is 3.94. The third-order valence-corrected chi connectivity index (χ3v) is 3.31. The first kappa shape index (κ1) is 7.56. The van der Waals surface area contributed by atoms with Crippen molar-refractivity contribution in [1.29, 1.82) is 0 Å². The van der Waals surface area contributed by atoms with E-state index in [0.29, 0.717) is 0 Å². The van der Waals surface area contributed by atoms with Crippen LogP contribution in [0.1, 0.15) is 6.92 Å². The van der Waals surface area contributed by atoms with Crippen LogP contribution in [-0.4, -0.2) is 38.3 Å². The van der Waals surface area contributed by atoms with Crippen molar-refractivity contribution < 1.29 is 4.74 Å². The van der Waals surface area contributed by atoms with Crippen LogP contribution in [0.3, 0.4) is 0 Å². The number of hydrogen-bond acceptors (Lipinski definition) is 2. The van der Waals surface area contributed by atoms with E-state index in [1.54, 1.807) is 7.11 Å². The highest BCUT2D eigenvalue weighted by atomic mass is 16.5. The van der Waals surface area contributed by atoms with Gasteiger partial charge in [-0.05, 0) is 17.8 Å². The molecule has 2 fully saturated rings. The van der Waals surface area contributed by atoms with Gasteiger partial charge in [-0.15, -0.1) is 0 Å². The Kier molecular flexibility index (Phi) is 1.90. The Balaban J connectivity index is 1.69. The average molecular weight is 155 g/mol. The van der Waals surface area contributed by atoms with Gasteiger partial charge < -0.3 is 9.64 Å². The molecule has 1 unspecified atom stereocenters. The first-order valence-corrected chi connectivity index (χ1v) is 4.54. The molecule has 0 N–H and O–H groups in total. The number of hydrogen-bond donors (Lipinski definition) is 0. The maximum Gasteiger partial charge on any atom is 0.0589 e. The van der Waals surface area contributed by atoms with Crippen LogP contribution in [0.2, 0.25) is 0 Å². The number of rotatable bonds is 3. The largest absolute Gasteiger partial charge is 0.383 e. The van der Waals surface area contributed by atoms with Gasteiger partial charge in [0.25, 0.3) is 0 Å². The molecule has 0 aromatic rings. The second kappa shape index (κ2) is 2.76. The number of piperidine rings is 1. The molecule has 1 saturated carbocycles. The predicted molar refractivity (Wildman–Crippen MR) is 44.5 cm³/mol. The monoisotopic (exact) mass is 155 g/mol. The molecule has 2 heteroatoms. The Labute approximate surface area is 68.5 Å². The Bertz CT molecular complexity index is 136. The molecule has 0 bridgehead atoms. The molecule has 0 amide bonds. The smallest absolute Gasteiger partial charge is 0.0589 e. The minimum atomic E-state index is 0.897. The van der Waals surface area contributed by atoms with Crippen LogP contribution in [0, 0.1) is 17.8 Å². The first-order chi connectivity index (χ1) is 5.33. The van der Waals surface area contributed by atoms with E-state index in [4.69, 9.17) is 4.74 Å². The van der Waals surface area contributed by atoms with Crippen molar-refractivity contribution in [2.75, 3.05) is 33.4 Å². The van der Waals surface area contributed by atoms with Gasteiger partial charge in [-0.1, -0.05) is 6.92 Å². The van der Waals surface area contributed by atoms with E-state index in [2.05, 4.69) is 11.8 Å². The van der Waals surface area contributed by atoms with Gasteiger partial charge in [-0.2, -0.15) is 0 Å². The van der Waals surface area contributed by atoms with E-state index in [0.717, 1.165) is 30.9 Å². The van der Waals surface area contributed by atoms with Crippen LogP contribution in [0.4, 0.5) is 0 Å². The summed E-state index contributed by atoms with van der Waals surface area (Å²) < 4.78 is 5.04. The highest BCUT2D eigenvalue weighted by Gasteiger charge is 2.52. The lowest BCUT2D eigenvalue weighted by molar-refractivity contribution is 0.152. The summed E-state index contributed by atoms with van der Waals surface area (Å²) in [6, 6.07) is 0. The Morgan fingerprint density at radius 1 is 1.36 bits per heavy atom. The highest BCUT2D eigenvalue weighted by Crippen LogP contribution is 2.50. The third kappa shape index (κ3) is 1.30. The summed E-state index contributed by atoms with van der Waals surface area (Å²) in [5, 5.41) is 0. The van der Waals surface area contributed by atoms with Crippen LogP contribution in [0.15, 0.2) is 0 Å². The van der Waals surface area contributed by atoms with Crippen molar-refractivity contribution in [1.82, 2.24) is 4.90 Å². The second-order valence-electron chi connectivity index (χ2n) is 3.94. The summed E-state index contributed by atoms with van der Waals surface area (Å²) in [4.78, 5) is 2.53. The lowest BCUT2D eigenvalue weighted by atomic mass is 10.3. The normalized spacial score (nSPS) is 42.5. The van der Waals surface area contributed by atoms with Gasteiger partial charge in [0.1, 0.15) is 0 Å². The summed E-state index contributed by atoms with van der Waals surface area (Å²) in [6.07, 6.45) is 0. The Morgan fingerprint density at radius 2 is 2.00 bits per heavy atom. The van der Waals surface area contributed by atoms with Gasteiger partial charge in [-0.25, -0.2) is 0 Å². The molecule has 0 aromatic carbocycles.